The molecule has 0 aliphatic rings. The number of halogens is 2. The molecular formula is C22H23ClFNO2. The Morgan fingerprint density at radius 3 is 2.70 bits per heavy atom. The van der Waals surface area contributed by atoms with Crippen LogP contribution in [0.15, 0.2) is 53.5 Å². The Morgan fingerprint density at radius 2 is 2.00 bits per heavy atom. The minimum atomic E-state index is -0.429. The van der Waals surface area contributed by atoms with Gasteiger partial charge in [-0.25, -0.2) is 4.39 Å². The summed E-state index contributed by atoms with van der Waals surface area (Å²) in [7, 11) is 0. The van der Waals surface area contributed by atoms with E-state index in [0.29, 0.717) is 17.4 Å². The standard InChI is InChI=1S/C22H23ClFNO2/c1-3-14(2)20(13-26)25-10-9-21(27)17-12-15(7-8-19(17)25)11-16-5-4-6-18(23)22(16)24/h4-10,12,14,20,26H,3,11,13H2,1-2H3/t14-,20+/m0/s1. The summed E-state index contributed by atoms with van der Waals surface area (Å²) in [6, 6.07) is 11.9. The van der Waals surface area contributed by atoms with Crippen molar-refractivity contribution >= 4 is 22.5 Å². The van der Waals surface area contributed by atoms with Gasteiger partial charge < -0.3 is 9.67 Å². The second-order valence-electron chi connectivity index (χ2n) is 6.96. The smallest absolute Gasteiger partial charge is 0.189 e. The van der Waals surface area contributed by atoms with Gasteiger partial charge in [0.25, 0.3) is 0 Å². The molecular weight excluding hydrogens is 365 g/mol. The molecule has 0 saturated carbocycles. The molecule has 3 aromatic rings. The Labute approximate surface area is 163 Å². The Balaban J connectivity index is 2.06. The van der Waals surface area contributed by atoms with Gasteiger partial charge in [-0.05, 0) is 35.2 Å². The summed E-state index contributed by atoms with van der Waals surface area (Å²) in [5.74, 6) is -0.164. The molecule has 142 valence electrons. The number of aromatic nitrogens is 1. The topological polar surface area (TPSA) is 42.2 Å². The highest BCUT2D eigenvalue weighted by Crippen LogP contribution is 2.26. The van der Waals surface area contributed by atoms with Crippen LogP contribution >= 0.6 is 11.6 Å². The van der Waals surface area contributed by atoms with Gasteiger partial charge in [0.2, 0.25) is 0 Å². The summed E-state index contributed by atoms with van der Waals surface area (Å²) >= 11 is 5.86. The van der Waals surface area contributed by atoms with Gasteiger partial charge in [0.05, 0.1) is 23.2 Å². The molecule has 27 heavy (non-hydrogen) atoms. The Morgan fingerprint density at radius 1 is 1.22 bits per heavy atom. The van der Waals surface area contributed by atoms with Crippen LogP contribution in [-0.2, 0) is 6.42 Å². The van der Waals surface area contributed by atoms with E-state index in [1.165, 1.54) is 12.1 Å². The van der Waals surface area contributed by atoms with E-state index >= 15 is 0 Å². The first-order valence-corrected chi connectivity index (χ1v) is 9.51. The van der Waals surface area contributed by atoms with Gasteiger partial charge in [0.15, 0.2) is 5.43 Å². The van der Waals surface area contributed by atoms with E-state index in [1.807, 2.05) is 16.7 Å². The molecule has 0 aliphatic carbocycles. The first-order valence-electron chi connectivity index (χ1n) is 9.13. The minimum absolute atomic E-state index is 0.00243. The second-order valence-corrected chi connectivity index (χ2v) is 7.37. The zero-order chi connectivity index (χ0) is 19.6. The molecule has 0 saturated heterocycles. The van der Waals surface area contributed by atoms with Gasteiger partial charge in [-0.3, -0.25) is 4.79 Å². The average molecular weight is 388 g/mol. The Bertz CT molecular complexity index is 1010. The van der Waals surface area contributed by atoms with Crippen LogP contribution in [-0.4, -0.2) is 16.3 Å². The molecule has 0 radical (unpaired) electrons. The Hall–Kier alpha value is -2.17. The van der Waals surface area contributed by atoms with Gasteiger partial charge in [-0.1, -0.05) is 50.1 Å². The Kier molecular flexibility index (Phi) is 5.98. The van der Waals surface area contributed by atoms with E-state index < -0.39 is 5.82 Å². The summed E-state index contributed by atoms with van der Waals surface area (Å²) in [6.45, 7) is 4.17. The van der Waals surface area contributed by atoms with Crippen molar-refractivity contribution in [2.24, 2.45) is 5.92 Å². The fraction of sp³-hybridized carbons (Fsp3) is 0.318. The molecule has 3 rings (SSSR count). The normalized spacial score (nSPS) is 13.7. The van der Waals surface area contributed by atoms with Crippen LogP contribution in [0.3, 0.4) is 0 Å². The van der Waals surface area contributed by atoms with E-state index in [-0.39, 0.29) is 29.0 Å². The maximum Gasteiger partial charge on any atom is 0.189 e. The third kappa shape index (κ3) is 3.92. The number of fused-ring (bicyclic) bond motifs is 1. The SMILES string of the molecule is CC[C@H](C)[C@@H](CO)n1ccc(=O)c2cc(Cc3cccc(Cl)c3F)ccc21. The number of aliphatic hydroxyl groups is 1. The lowest BCUT2D eigenvalue weighted by Gasteiger charge is -2.26. The molecule has 2 aromatic carbocycles. The summed E-state index contributed by atoms with van der Waals surface area (Å²) < 4.78 is 16.2. The molecule has 0 bridgehead atoms. The van der Waals surface area contributed by atoms with Crippen molar-refractivity contribution in [3.8, 4) is 0 Å². The van der Waals surface area contributed by atoms with Crippen LogP contribution in [0.2, 0.25) is 5.02 Å². The molecule has 0 aliphatic heterocycles. The summed E-state index contributed by atoms with van der Waals surface area (Å²) in [5.41, 5.74) is 2.02. The number of pyridine rings is 1. The molecule has 1 heterocycles. The molecule has 5 heteroatoms. The van der Waals surface area contributed by atoms with Crippen LogP contribution < -0.4 is 5.43 Å². The first-order chi connectivity index (χ1) is 13.0. The molecule has 3 nitrogen and oxygen atoms in total. The lowest BCUT2D eigenvalue weighted by atomic mass is 9.98. The van der Waals surface area contributed by atoms with Gasteiger partial charge in [0, 0.05) is 24.1 Å². The lowest BCUT2D eigenvalue weighted by Crippen LogP contribution is -2.22. The minimum Gasteiger partial charge on any atom is -0.394 e. The van der Waals surface area contributed by atoms with Crippen LogP contribution in [0.25, 0.3) is 10.9 Å². The summed E-state index contributed by atoms with van der Waals surface area (Å²) in [4.78, 5) is 12.4. The zero-order valence-electron chi connectivity index (χ0n) is 15.5. The molecule has 2 atom stereocenters. The lowest BCUT2D eigenvalue weighted by molar-refractivity contribution is 0.186. The van der Waals surface area contributed by atoms with Gasteiger partial charge in [-0.15, -0.1) is 0 Å². The maximum atomic E-state index is 14.2. The number of rotatable bonds is 6. The quantitative estimate of drug-likeness (QED) is 0.649. The maximum absolute atomic E-state index is 14.2. The molecule has 1 N–H and O–H groups in total. The third-order valence-corrected chi connectivity index (χ3v) is 5.55. The predicted octanol–water partition coefficient (Wildman–Crippen LogP) is 4.96. The van der Waals surface area contributed by atoms with Crippen LogP contribution in [0.5, 0.6) is 0 Å². The zero-order valence-corrected chi connectivity index (χ0v) is 16.2. The number of hydrogen-bond donors (Lipinski definition) is 1. The van der Waals surface area contributed by atoms with E-state index in [9.17, 15) is 14.3 Å². The van der Waals surface area contributed by atoms with E-state index in [4.69, 9.17) is 11.6 Å². The largest absolute Gasteiger partial charge is 0.394 e. The molecule has 1 aromatic heterocycles. The number of nitrogens with zero attached hydrogens (tertiary/aromatic N) is 1. The van der Waals surface area contributed by atoms with E-state index in [1.54, 1.807) is 24.4 Å². The van der Waals surface area contributed by atoms with Crippen molar-refractivity contribution in [3.05, 3.63) is 80.9 Å². The first kappa shape index (κ1) is 19.6. The third-order valence-electron chi connectivity index (χ3n) is 5.26. The highest BCUT2D eigenvalue weighted by molar-refractivity contribution is 6.30. The van der Waals surface area contributed by atoms with Crippen LogP contribution in [0, 0.1) is 11.7 Å². The fourth-order valence-corrected chi connectivity index (χ4v) is 3.64. The van der Waals surface area contributed by atoms with E-state index in [0.717, 1.165) is 17.5 Å². The number of hydrogen-bond acceptors (Lipinski definition) is 2. The second kappa shape index (κ2) is 8.24. The van der Waals surface area contributed by atoms with Crippen LogP contribution in [0.1, 0.15) is 37.4 Å². The highest BCUT2D eigenvalue weighted by Gasteiger charge is 2.18. The van der Waals surface area contributed by atoms with Crippen molar-refractivity contribution in [1.82, 2.24) is 4.57 Å². The van der Waals surface area contributed by atoms with Gasteiger partial charge in [0.1, 0.15) is 5.82 Å². The summed E-state index contributed by atoms with van der Waals surface area (Å²) in [5, 5.41) is 10.5. The summed E-state index contributed by atoms with van der Waals surface area (Å²) in [6.07, 6.45) is 3.02. The molecule has 0 fully saturated rings. The molecule has 0 spiro atoms. The number of benzene rings is 2. The van der Waals surface area contributed by atoms with Crippen LogP contribution in [0.4, 0.5) is 4.39 Å². The molecule has 0 unspecified atom stereocenters. The average Bonchev–Trinajstić information content (AvgIpc) is 2.67. The highest BCUT2D eigenvalue weighted by atomic mass is 35.5. The van der Waals surface area contributed by atoms with Crippen molar-refractivity contribution in [2.75, 3.05) is 6.61 Å². The predicted molar refractivity (Wildman–Crippen MR) is 108 cm³/mol. The van der Waals surface area contributed by atoms with Gasteiger partial charge in [-0.2, -0.15) is 0 Å². The van der Waals surface area contributed by atoms with Crippen molar-refractivity contribution in [2.45, 2.75) is 32.7 Å². The van der Waals surface area contributed by atoms with Crippen molar-refractivity contribution < 1.29 is 9.50 Å². The van der Waals surface area contributed by atoms with E-state index in [2.05, 4.69) is 13.8 Å². The van der Waals surface area contributed by atoms with Crippen molar-refractivity contribution in [1.29, 1.82) is 0 Å². The van der Waals surface area contributed by atoms with Gasteiger partial charge >= 0.3 is 0 Å². The number of aliphatic hydroxyl groups excluding tert-OH is 1. The molecule has 0 amide bonds. The van der Waals surface area contributed by atoms with Crippen molar-refractivity contribution in [3.63, 3.8) is 0 Å². The monoisotopic (exact) mass is 387 g/mol. The fourth-order valence-electron chi connectivity index (χ4n) is 3.44.